The lowest BCUT2D eigenvalue weighted by molar-refractivity contribution is 0.468. The molecule has 0 bridgehead atoms. The summed E-state index contributed by atoms with van der Waals surface area (Å²) in [6, 6.07) is 2.86. The van der Waals surface area contributed by atoms with Crippen molar-refractivity contribution in [2.75, 3.05) is 23.1 Å². The Kier molecular flexibility index (Phi) is 7.69. The molecule has 0 unspecified atom stereocenters. The topological polar surface area (TPSA) is 109 Å². The van der Waals surface area contributed by atoms with Gasteiger partial charge < -0.3 is 16.4 Å². The molecule has 0 aliphatic heterocycles. The van der Waals surface area contributed by atoms with Gasteiger partial charge in [0.05, 0.1) is 10.7 Å². The molecule has 1 aliphatic carbocycles. The molecule has 1 saturated carbocycles. The average Bonchev–Trinajstić information content (AvgIpc) is 3.31. The summed E-state index contributed by atoms with van der Waals surface area (Å²) in [5.74, 6) is -0.877. The molecule has 0 spiro atoms. The van der Waals surface area contributed by atoms with Crippen molar-refractivity contribution >= 4 is 43.8 Å². The first-order chi connectivity index (χ1) is 13.9. The number of nitrogens with zero attached hydrogens (tertiary/aromatic N) is 1. The van der Waals surface area contributed by atoms with Gasteiger partial charge in [-0.3, -0.25) is 4.72 Å². The first-order valence-corrected chi connectivity index (χ1v) is 12.2. The summed E-state index contributed by atoms with van der Waals surface area (Å²) in [6.45, 7) is 1.47. The highest BCUT2D eigenvalue weighted by atomic mass is 35.5. The lowest BCUT2D eigenvalue weighted by Crippen LogP contribution is -2.41. The van der Waals surface area contributed by atoms with Crippen LogP contribution in [0.2, 0.25) is 5.02 Å². The first-order valence-electron chi connectivity index (χ1n) is 9.51. The smallest absolute Gasteiger partial charge is 0.266 e. The number of hydrogen-bond donors (Lipinski definition) is 4. The summed E-state index contributed by atoms with van der Waals surface area (Å²) in [7, 11) is -4.11. The van der Waals surface area contributed by atoms with Gasteiger partial charge in [-0.05, 0) is 44.4 Å². The molecular weight excluding hydrogens is 437 g/mol. The number of thiazole rings is 1. The fourth-order valence-electron chi connectivity index (χ4n) is 3.32. The molecule has 1 fully saturated rings. The van der Waals surface area contributed by atoms with Crippen LogP contribution in [0.15, 0.2) is 28.6 Å². The van der Waals surface area contributed by atoms with Crippen LogP contribution in [0.3, 0.4) is 0 Å². The van der Waals surface area contributed by atoms with Crippen molar-refractivity contribution in [2.45, 2.75) is 49.1 Å². The van der Waals surface area contributed by atoms with Gasteiger partial charge in [0, 0.05) is 30.2 Å². The Morgan fingerprint density at radius 3 is 2.76 bits per heavy atom. The minimum absolute atomic E-state index is 0.140. The molecule has 7 nitrogen and oxygen atoms in total. The van der Waals surface area contributed by atoms with Crippen molar-refractivity contribution in [2.24, 2.45) is 5.73 Å². The lowest BCUT2D eigenvalue weighted by atomic mass is 10.2. The van der Waals surface area contributed by atoms with E-state index in [4.69, 9.17) is 17.3 Å². The van der Waals surface area contributed by atoms with Gasteiger partial charge in [-0.2, -0.15) is 0 Å². The molecule has 0 amide bonds. The second kappa shape index (κ2) is 10.0. The number of halogens is 2. The highest BCUT2D eigenvalue weighted by molar-refractivity contribution is 7.93. The van der Waals surface area contributed by atoms with E-state index >= 15 is 0 Å². The van der Waals surface area contributed by atoms with Crippen molar-refractivity contribution in [1.29, 1.82) is 0 Å². The minimum atomic E-state index is -4.11. The Morgan fingerprint density at radius 2 is 2.07 bits per heavy atom. The number of rotatable bonds is 10. The molecule has 1 heterocycles. The lowest BCUT2D eigenvalue weighted by Gasteiger charge is -2.17. The third-order valence-electron chi connectivity index (χ3n) is 4.86. The molecule has 11 heteroatoms. The second-order valence-electron chi connectivity index (χ2n) is 6.99. The van der Waals surface area contributed by atoms with Crippen molar-refractivity contribution in [3.63, 3.8) is 0 Å². The number of sulfonamides is 1. The number of anilines is 2. The quantitative estimate of drug-likeness (QED) is 0.404. The zero-order valence-corrected chi connectivity index (χ0v) is 18.2. The number of benzene rings is 1. The van der Waals surface area contributed by atoms with E-state index in [9.17, 15) is 12.8 Å². The molecule has 1 aromatic heterocycles. The Hall–Kier alpha value is -1.46. The van der Waals surface area contributed by atoms with Crippen LogP contribution < -0.4 is 21.1 Å². The maximum atomic E-state index is 14.4. The maximum Gasteiger partial charge on any atom is 0.266 e. The number of nitrogens with one attached hydrogen (secondary N) is 3. The Bertz CT molecular complexity index is 911. The molecule has 0 radical (unpaired) electrons. The molecule has 29 heavy (non-hydrogen) atoms. The van der Waals surface area contributed by atoms with Crippen LogP contribution in [-0.4, -0.2) is 38.6 Å². The van der Waals surface area contributed by atoms with E-state index in [-0.39, 0.29) is 16.2 Å². The summed E-state index contributed by atoms with van der Waals surface area (Å²) in [5, 5.41) is 8.46. The van der Waals surface area contributed by atoms with E-state index in [0.717, 1.165) is 55.7 Å². The van der Waals surface area contributed by atoms with Crippen molar-refractivity contribution in [3.05, 3.63) is 34.5 Å². The van der Waals surface area contributed by atoms with E-state index in [1.54, 1.807) is 5.38 Å². The third-order valence-corrected chi connectivity index (χ3v) is 7.34. The number of unbranched alkanes of at least 4 members (excludes halogenated alkanes) is 1. The van der Waals surface area contributed by atoms with Crippen molar-refractivity contribution in [3.8, 4) is 0 Å². The Balaban J connectivity index is 1.50. The van der Waals surface area contributed by atoms with Crippen LogP contribution in [0, 0.1) is 5.82 Å². The zero-order chi connectivity index (χ0) is 20.9. The Labute approximate surface area is 179 Å². The molecule has 2 atom stereocenters. The van der Waals surface area contributed by atoms with Crippen LogP contribution in [-0.2, 0) is 10.0 Å². The van der Waals surface area contributed by atoms with Crippen molar-refractivity contribution in [1.82, 2.24) is 10.3 Å². The third kappa shape index (κ3) is 6.02. The van der Waals surface area contributed by atoms with E-state index in [1.807, 2.05) is 0 Å². The Morgan fingerprint density at radius 1 is 1.28 bits per heavy atom. The van der Waals surface area contributed by atoms with Gasteiger partial charge in [0.1, 0.15) is 10.7 Å². The average molecular weight is 462 g/mol. The van der Waals surface area contributed by atoms with E-state index < -0.39 is 20.7 Å². The molecule has 2 aromatic rings. The van der Waals surface area contributed by atoms with Gasteiger partial charge in [-0.15, -0.1) is 11.3 Å². The van der Waals surface area contributed by atoms with Gasteiger partial charge >= 0.3 is 0 Å². The fourth-order valence-corrected chi connectivity index (χ4v) is 5.49. The van der Waals surface area contributed by atoms with E-state index in [1.165, 1.54) is 12.6 Å². The van der Waals surface area contributed by atoms with Crippen LogP contribution >= 0.6 is 22.9 Å². The van der Waals surface area contributed by atoms with Crippen molar-refractivity contribution < 1.29 is 12.8 Å². The monoisotopic (exact) mass is 461 g/mol. The molecule has 0 saturated heterocycles. The summed E-state index contributed by atoms with van der Waals surface area (Å²) in [5.41, 5.74) is 6.40. The molecule has 3 rings (SSSR count). The molecule has 1 aromatic carbocycles. The summed E-state index contributed by atoms with van der Waals surface area (Å²) >= 11 is 7.27. The first kappa shape index (κ1) is 22.2. The highest BCUT2D eigenvalue weighted by Crippen LogP contribution is 2.29. The zero-order valence-electron chi connectivity index (χ0n) is 15.8. The fraction of sp³-hybridized carbons (Fsp3) is 0.500. The summed E-state index contributed by atoms with van der Waals surface area (Å²) in [4.78, 5) is 3.33. The van der Waals surface area contributed by atoms with Gasteiger partial charge in [-0.25, -0.2) is 17.8 Å². The standard InChI is InChI=1S/C18H25ClFN5O2S2/c19-12-10-17(29(26,27)25-18-24-8-9-28-18)13(20)11-16(12)23-7-2-1-6-22-15-5-3-4-14(15)21/h8-11,14-15,22-23H,1-7,21H2,(H,24,25)/t14-,15-/m0/s1. The molecule has 5 N–H and O–H groups in total. The van der Waals surface area contributed by atoms with E-state index in [0.29, 0.717) is 18.3 Å². The SMILES string of the molecule is N[C@H]1CCC[C@@H]1NCCCCNc1cc(F)c(S(=O)(=O)Nc2nccs2)cc1Cl. The predicted molar refractivity (Wildman–Crippen MR) is 116 cm³/mol. The van der Waals surface area contributed by atoms with Gasteiger partial charge in [0.25, 0.3) is 10.0 Å². The predicted octanol–water partition coefficient (Wildman–Crippen LogP) is 3.40. The summed E-state index contributed by atoms with van der Waals surface area (Å²) in [6.07, 6.45) is 6.64. The van der Waals surface area contributed by atoms with Crippen LogP contribution in [0.5, 0.6) is 0 Å². The normalized spacial score (nSPS) is 19.4. The van der Waals surface area contributed by atoms with Gasteiger partial charge in [0.15, 0.2) is 5.13 Å². The molecular formula is C18H25ClFN5O2S2. The summed E-state index contributed by atoms with van der Waals surface area (Å²) < 4.78 is 41.4. The van der Waals surface area contributed by atoms with Crippen LogP contribution in [0.25, 0.3) is 0 Å². The number of nitrogens with two attached hydrogens (primary N) is 1. The number of aromatic nitrogens is 1. The van der Waals surface area contributed by atoms with E-state index in [2.05, 4.69) is 20.3 Å². The maximum absolute atomic E-state index is 14.4. The second-order valence-corrected chi connectivity index (χ2v) is 9.95. The van der Waals surface area contributed by atoms with Gasteiger partial charge in [0.2, 0.25) is 0 Å². The van der Waals surface area contributed by atoms with Gasteiger partial charge in [-0.1, -0.05) is 18.0 Å². The highest BCUT2D eigenvalue weighted by Gasteiger charge is 2.23. The van der Waals surface area contributed by atoms with Crippen LogP contribution in [0.4, 0.5) is 15.2 Å². The number of hydrogen-bond acceptors (Lipinski definition) is 7. The largest absolute Gasteiger partial charge is 0.384 e. The van der Waals surface area contributed by atoms with Crippen LogP contribution in [0.1, 0.15) is 32.1 Å². The molecule has 1 aliphatic rings. The minimum Gasteiger partial charge on any atom is -0.384 e. The molecule has 160 valence electrons.